The maximum atomic E-state index is 14.7. The van der Waals surface area contributed by atoms with E-state index in [0.29, 0.717) is 29.5 Å². The molecule has 0 saturated carbocycles. The molecule has 0 N–H and O–H groups in total. The van der Waals surface area contributed by atoms with Crippen molar-refractivity contribution in [1.29, 1.82) is 0 Å². The van der Waals surface area contributed by atoms with Crippen molar-refractivity contribution in [3.63, 3.8) is 0 Å². The Hall–Kier alpha value is -3.15. The molecule has 1 heterocycles. The molecule has 1 amide bonds. The molecule has 1 aliphatic heterocycles. The summed E-state index contributed by atoms with van der Waals surface area (Å²) >= 11 is 12.9. The molecule has 46 heavy (non-hydrogen) atoms. The number of carbonyl (C=O) groups is 1. The summed E-state index contributed by atoms with van der Waals surface area (Å²) in [6.07, 6.45) is 3.95. The van der Waals surface area contributed by atoms with Gasteiger partial charge in [-0.25, -0.2) is 0 Å². The van der Waals surface area contributed by atoms with E-state index in [9.17, 15) is 4.79 Å². The number of piperidine rings is 1. The Bertz CT molecular complexity index is 1560. The fourth-order valence-corrected chi connectivity index (χ4v) is 12.3. The molecule has 0 aliphatic carbocycles. The second-order valence-electron chi connectivity index (χ2n) is 13.4. The van der Waals surface area contributed by atoms with Gasteiger partial charge in [0.05, 0.1) is 18.7 Å². The molecule has 240 valence electrons. The number of halogens is 2. The summed E-state index contributed by atoms with van der Waals surface area (Å²) in [5.74, 6) is -0.00703. The number of carbonyl (C=O) groups excluding carboxylic acids is 1. The number of amides is 1. The first-order valence-corrected chi connectivity index (χ1v) is 19.0. The minimum absolute atomic E-state index is 0.0319. The molecule has 6 heteroatoms. The largest absolute Gasteiger partial charge is 0.405 e. The quantitative estimate of drug-likeness (QED) is 0.118. The first kappa shape index (κ1) is 34.2. The highest BCUT2D eigenvalue weighted by molar-refractivity contribution is 6.99. The van der Waals surface area contributed by atoms with Crippen LogP contribution in [0.25, 0.3) is 0 Å². The van der Waals surface area contributed by atoms with Crippen LogP contribution in [0.2, 0.25) is 15.1 Å². The maximum Gasteiger partial charge on any atom is 0.261 e. The molecule has 0 spiro atoms. The van der Waals surface area contributed by atoms with Crippen LogP contribution in [0.3, 0.4) is 0 Å². The number of rotatable bonds is 11. The lowest BCUT2D eigenvalue weighted by molar-refractivity contribution is -0.147. The first-order chi connectivity index (χ1) is 22.1. The predicted molar refractivity (Wildman–Crippen MR) is 196 cm³/mol. The monoisotopic (exact) mass is 669 g/mol. The van der Waals surface area contributed by atoms with Crippen molar-refractivity contribution in [2.24, 2.45) is 5.92 Å². The van der Waals surface area contributed by atoms with E-state index < -0.39 is 8.32 Å². The van der Waals surface area contributed by atoms with Crippen molar-refractivity contribution in [1.82, 2.24) is 4.90 Å². The third kappa shape index (κ3) is 6.91. The molecule has 3 nitrogen and oxygen atoms in total. The van der Waals surface area contributed by atoms with Gasteiger partial charge in [0.15, 0.2) is 0 Å². The average molecular weight is 671 g/mol. The second kappa shape index (κ2) is 14.7. The lowest BCUT2D eigenvalue weighted by Crippen LogP contribution is -2.67. The van der Waals surface area contributed by atoms with Gasteiger partial charge in [0.1, 0.15) is 0 Å². The van der Waals surface area contributed by atoms with E-state index in [1.54, 1.807) is 0 Å². The highest BCUT2D eigenvalue weighted by Crippen LogP contribution is 2.48. The zero-order valence-electron chi connectivity index (χ0n) is 27.3. The van der Waals surface area contributed by atoms with E-state index >= 15 is 0 Å². The molecule has 1 aliphatic rings. The third-order valence-corrected chi connectivity index (χ3v) is 15.0. The molecular formula is C40H45Cl2NO2Si. The molecule has 0 bridgehead atoms. The summed E-state index contributed by atoms with van der Waals surface area (Å²) in [6, 6.07) is 37.1. The minimum atomic E-state index is -2.83. The van der Waals surface area contributed by atoms with Gasteiger partial charge in [-0.15, -0.1) is 6.58 Å². The van der Waals surface area contributed by atoms with Crippen LogP contribution < -0.4 is 10.4 Å². The molecule has 4 atom stereocenters. The molecule has 4 aromatic carbocycles. The van der Waals surface area contributed by atoms with E-state index in [-0.39, 0.29) is 34.9 Å². The summed E-state index contributed by atoms with van der Waals surface area (Å²) in [7, 11) is -2.83. The topological polar surface area (TPSA) is 29.5 Å². The molecule has 4 unspecified atom stereocenters. The maximum absolute atomic E-state index is 14.7. The third-order valence-electron chi connectivity index (χ3n) is 9.54. The lowest BCUT2D eigenvalue weighted by atomic mass is 9.74. The van der Waals surface area contributed by atoms with Crippen LogP contribution in [0.5, 0.6) is 0 Å². The standard InChI is InChI=1S/C40H45Cl2NO2Si/c1-6-15-31-27-37(30-16-14-17-33(42)26-30)38(29-22-24-32(41)25-23-29)43(39(31)44)34(7-2)28-45-46(40(3,4)5,35-18-10-8-11-19-35)36-20-12-9-13-21-36/h6,8-14,16-26,31,34,37-38H,1,7,15,27-28H2,2-5H3. The van der Waals surface area contributed by atoms with Crippen molar-refractivity contribution in [2.45, 2.75) is 70.0 Å². The Kier molecular flexibility index (Phi) is 10.9. The molecule has 0 radical (unpaired) electrons. The van der Waals surface area contributed by atoms with E-state index in [1.165, 1.54) is 10.4 Å². The van der Waals surface area contributed by atoms with Gasteiger partial charge in [0.25, 0.3) is 8.32 Å². The van der Waals surface area contributed by atoms with Crippen molar-refractivity contribution < 1.29 is 9.22 Å². The molecule has 1 fully saturated rings. The Labute approximate surface area is 286 Å². The van der Waals surface area contributed by atoms with Gasteiger partial charge >= 0.3 is 0 Å². The molecular weight excluding hydrogens is 625 g/mol. The normalized spacial score (nSPS) is 19.6. The van der Waals surface area contributed by atoms with E-state index in [1.807, 2.05) is 36.4 Å². The molecule has 5 rings (SSSR count). The Morgan fingerprint density at radius 1 is 0.870 bits per heavy atom. The van der Waals surface area contributed by atoms with Crippen molar-refractivity contribution in [2.75, 3.05) is 6.61 Å². The van der Waals surface area contributed by atoms with Crippen LogP contribution in [-0.4, -0.2) is 31.8 Å². The van der Waals surface area contributed by atoms with Crippen molar-refractivity contribution >= 4 is 47.8 Å². The Morgan fingerprint density at radius 2 is 1.48 bits per heavy atom. The zero-order valence-corrected chi connectivity index (χ0v) is 29.8. The molecule has 1 saturated heterocycles. The van der Waals surface area contributed by atoms with Gasteiger partial charge in [-0.3, -0.25) is 4.79 Å². The Balaban J connectivity index is 1.64. The fourth-order valence-electron chi connectivity index (χ4n) is 7.37. The highest BCUT2D eigenvalue weighted by Gasteiger charge is 2.51. The smallest absolute Gasteiger partial charge is 0.261 e. The van der Waals surface area contributed by atoms with E-state index in [2.05, 4.69) is 118 Å². The summed E-state index contributed by atoms with van der Waals surface area (Å²) in [6.45, 7) is 13.5. The number of hydrogen-bond donors (Lipinski definition) is 0. The van der Waals surface area contributed by atoms with Crippen molar-refractivity contribution in [3.8, 4) is 0 Å². The fraction of sp³-hybridized carbons (Fsp3) is 0.325. The SMILES string of the molecule is C=CCC1CC(c2cccc(Cl)c2)C(c2ccc(Cl)cc2)N(C(CC)CO[Si](c2ccccc2)(c2ccccc2)C(C)(C)C)C1=O. The molecule has 0 aromatic heterocycles. The van der Waals surface area contributed by atoms with Gasteiger partial charge in [-0.1, -0.05) is 142 Å². The van der Waals surface area contributed by atoms with Crippen LogP contribution in [0.15, 0.2) is 122 Å². The van der Waals surface area contributed by atoms with Gasteiger partial charge < -0.3 is 9.33 Å². The van der Waals surface area contributed by atoms with Crippen LogP contribution >= 0.6 is 23.2 Å². The Morgan fingerprint density at radius 3 is 2.00 bits per heavy atom. The molecule has 4 aromatic rings. The summed E-state index contributed by atoms with van der Waals surface area (Å²) in [5.41, 5.74) is 2.19. The zero-order chi connectivity index (χ0) is 32.9. The number of nitrogens with zero attached hydrogens (tertiary/aromatic N) is 1. The van der Waals surface area contributed by atoms with Crippen LogP contribution in [0.1, 0.15) is 70.0 Å². The lowest BCUT2D eigenvalue weighted by Gasteiger charge is -2.50. The van der Waals surface area contributed by atoms with Gasteiger partial charge in [-0.05, 0) is 70.1 Å². The number of allylic oxidation sites excluding steroid dienone is 1. The first-order valence-electron chi connectivity index (χ1n) is 16.3. The van der Waals surface area contributed by atoms with Crippen LogP contribution in [-0.2, 0) is 9.22 Å². The van der Waals surface area contributed by atoms with Gasteiger partial charge in [0.2, 0.25) is 5.91 Å². The summed E-state index contributed by atoms with van der Waals surface area (Å²) in [5, 5.41) is 3.64. The summed E-state index contributed by atoms with van der Waals surface area (Å²) < 4.78 is 7.46. The second-order valence-corrected chi connectivity index (χ2v) is 18.6. The number of likely N-dealkylation sites (tertiary alicyclic amines) is 1. The van der Waals surface area contributed by atoms with Gasteiger partial charge in [0, 0.05) is 21.9 Å². The predicted octanol–water partition coefficient (Wildman–Crippen LogP) is 9.60. The van der Waals surface area contributed by atoms with E-state index in [4.69, 9.17) is 27.6 Å². The van der Waals surface area contributed by atoms with Crippen LogP contribution in [0, 0.1) is 5.92 Å². The van der Waals surface area contributed by atoms with Gasteiger partial charge in [-0.2, -0.15) is 0 Å². The number of benzene rings is 4. The highest BCUT2D eigenvalue weighted by atomic mass is 35.5. The summed E-state index contributed by atoms with van der Waals surface area (Å²) in [4.78, 5) is 16.8. The van der Waals surface area contributed by atoms with E-state index in [0.717, 1.165) is 17.5 Å². The van der Waals surface area contributed by atoms with Crippen molar-refractivity contribution in [3.05, 3.63) is 143 Å². The van der Waals surface area contributed by atoms with Crippen LogP contribution in [0.4, 0.5) is 0 Å². The average Bonchev–Trinajstić information content (AvgIpc) is 3.05. The number of hydrogen-bond acceptors (Lipinski definition) is 2. The minimum Gasteiger partial charge on any atom is -0.405 e.